The second-order valence-electron chi connectivity index (χ2n) is 6.55. The molecule has 0 heterocycles. The Morgan fingerprint density at radius 3 is 1.35 bits per heavy atom. The molecular weight excluding hydrogens is 287 g/mol. The topological polar surface area (TPSA) is 9.23 Å². The van der Waals surface area contributed by atoms with E-state index in [1.807, 2.05) is 0 Å². The molecule has 2 atom stereocenters. The fraction of sp³-hybridized carbons (Fsp3) is 1.00. The van der Waals surface area contributed by atoms with Gasteiger partial charge in [0.2, 0.25) is 0 Å². The maximum Gasteiger partial charge on any atom is 0.173 e. The van der Waals surface area contributed by atoms with Crippen LogP contribution in [0, 0.1) is 11.8 Å². The van der Waals surface area contributed by atoms with Crippen molar-refractivity contribution in [2.24, 2.45) is 11.8 Å². The second kappa shape index (κ2) is 7.54. The van der Waals surface area contributed by atoms with Crippen molar-refractivity contribution >= 4 is 39.8 Å². The van der Waals surface area contributed by atoms with Crippen molar-refractivity contribution in [1.29, 1.82) is 0 Å². The third-order valence-corrected chi connectivity index (χ3v) is 11.6. The fourth-order valence-electron chi connectivity index (χ4n) is 2.62. The minimum absolute atomic E-state index is 0.564. The lowest BCUT2D eigenvalue weighted by Gasteiger charge is -2.36. The highest BCUT2D eigenvalue weighted by Crippen LogP contribution is 2.27. The molecule has 0 saturated heterocycles. The van der Waals surface area contributed by atoms with E-state index in [0.717, 1.165) is 23.8 Å². The molecule has 0 bridgehead atoms. The lowest BCUT2D eigenvalue weighted by Crippen LogP contribution is -2.46. The Bertz CT molecular complexity index is 201. The molecule has 1 nitrogen and oxygen atoms in total. The summed E-state index contributed by atoms with van der Waals surface area (Å²) < 4.78 is 6.53. The first kappa shape index (κ1) is 18.0. The zero-order chi connectivity index (χ0) is 13.7. The molecule has 0 aliphatic carbocycles. The van der Waals surface area contributed by atoms with Crippen LogP contribution < -0.4 is 0 Å². The third kappa shape index (κ3) is 8.65. The summed E-state index contributed by atoms with van der Waals surface area (Å²) in [6, 6.07) is 2.31. The summed E-state index contributed by atoms with van der Waals surface area (Å²) in [6.07, 6.45) is 0. The number of hydrogen-bond donors (Lipinski definition) is 0. The summed E-state index contributed by atoms with van der Waals surface area (Å²) in [5.74, 6) is 2.60. The first-order valence-corrected chi connectivity index (χ1v) is 13.7. The predicted molar refractivity (Wildman–Crippen MR) is 85.4 cm³/mol. The molecule has 0 aromatic rings. The molecule has 0 aromatic carbocycles. The molecule has 104 valence electrons. The zero-order valence-electron chi connectivity index (χ0n) is 12.1. The highest BCUT2D eigenvalue weighted by molar-refractivity contribution is 6.84. The first-order chi connectivity index (χ1) is 7.62. The quantitative estimate of drug-likeness (QED) is 0.444. The highest BCUT2D eigenvalue weighted by atomic mass is 35.5. The summed E-state index contributed by atoms with van der Waals surface area (Å²) in [5, 5.41) is 0. The Labute approximate surface area is 119 Å². The molecule has 0 fully saturated rings. The molecule has 0 saturated carbocycles. The molecule has 0 rings (SSSR count). The Kier molecular flexibility index (Phi) is 7.97. The van der Waals surface area contributed by atoms with Crippen molar-refractivity contribution in [2.45, 2.75) is 52.1 Å². The van der Waals surface area contributed by atoms with Crippen LogP contribution in [0.25, 0.3) is 0 Å². The van der Waals surface area contributed by atoms with Gasteiger partial charge in [0.25, 0.3) is 0 Å². The van der Waals surface area contributed by atoms with E-state index in [4.69, 9.17) is 27.3 Å². The van der Waals surface area contributed by atoms with E-state index in [0.29, 0.717) is 11.8 Å². The van der Waals surface area contributed by atoms with Crippen LogP contribution in [-0.4, -0.2) is 28.4 Å². The van der Waals surface area contributed by atoms with Crippen LogP contribution in [0.4, 0.5) is 0 Å². The number of halogens is 2. The van der Waals surface area contributed by atoms with Gasteiger partial charge in [-0.25, -0.2) is 0 Å². The van der Waals surface area contributed by atoms with Crippen LogP contribution in [0.15, 0.2) is 0 Å². The van der Waals surface area contributed by atoms with Gasteiger partial charge >= 0.3 is 0 Å². The average molecular weight is 315 g/mol. The average Bonchev–Trinajstić information content (AvgIpc) is 2.13. The van der Waals surface area contributed by atoms with Gasteiger partial charge in [0.15, 0.2) is 16.6 Å². The standard InChI is InChI=1S/C12H28Cl2OSi2/c1-11(7-13)9-16(3,4)15-17(5,6)10-12(2)8-14/h11-12H,7-10H2,1-6H3. The van der Waals surface area contributed by atoms with Gasteiger partial charge < -0.3 is 4.12 Å². The Hall–Kier alpha value is 0.974. The molecule has 5 heteroatoms. The van der Waals surface area contributed by atoms with Crippen LogP contribution in [0.1, 0.15) is 13.8 Å². The normalized spacial score (nSPS) is 16.9. The summed E-state index contributed by atoms with van der Waals surface area (Å²) in [7, 11) is -3.14. The van der Waals surface area contributed by atoms with E-state index in [2.05, 4.69) is 40.0 Å². The fourth-order valence-corrected chi connectivity index (χ4v) is 13.5. The SMILES string of the molecule is CC(CCl)C[Si](C)(C)O[Si](C)(C)CC(C)CCl. The molecular formula is C12H28Cl2OSi2. The Balaban J connectivity index is 4.36. The van der Waals surface area contributed by atoms with Gasteiger partial charge in [-0.3, -0.25) is 0 Å². The largest absolute Gasteiger partial charge is 0.455 e. The number of alkyl halides is 2. The zero-order valence-corrected chi connectivity index (χ0v) is 15.7. The summed E-state index contributed by atoms with van der Waals surface area (Å²) in [5.41, 5.74) is 0. The lowest BCUT2D eigenvalue weighted by molar-refractivity contribution is 0.507. The summed E-state index contributed by atoms with van der Waals surface area (Å²) in [4.78, 5) is 0. The van der Waals surface area contributed by atoms with Crippen molar-refractivity contribution in [3.05, 3.63) is 0 Å². The number of hydrogen-bond acceptors (Lipinski definition) is 1. The molecule has 0 aliphatic rings. The maximum absolute atomic E-state index is 6.53. The van der Waals surface area contributed by atoms with E-state index in [-0.39, 0.29) is 0 Å². The van der Waals surface area contributed by atoms with Crippen LogP contribution >= 0.6 is 23.2 Å². The molecule has 0 spiro atoms. The van der Waals surface area contributed by atoms with E-state index in [1.165, 1.54) is 0 Å². The smallest absolute Gasteiger partial charge is 0.173 e. The molecule has 0 N–H and O–H groups in total. The predicted octanol–water partition coefficient (Wildman–Crippen LogP) is 5.16. The van der Waals surface area contributed by atoms with Crippen molar-refractivity contribution in [3.63, 3.8) is 0 Å². The Morgan fingerprint density at radius 1 is 0.824 bits per heavy atom. The summed E-state index contributed by atoms with van der Waals surface area (Å²) >= 11 is 11.8. The number of rotatable bonds is 8. The summed E-state index contributed by atoms with van der Waals surface area (Å²) in [6.45, 7) is 13.7. The molecule has 0 radical (unpaired) electrons. The van der Waals surface area contributed by atoms with E-state index in [9.17, 15) is 0 Å². The van der Waals surface area contributed by atoms with Gasteiger partial charge in [0, 0.05) is 11.8 Å². The molecule has 2 unspecified atom stereocenters. The van der Waals surface area contributed by atoms with Gasteiger partial charge in [-0.2, -0.15) is 0 Å². The Morgan fingerprint density at radius 2 is 1.12 bits per heavy atom. The van der Waals surface area contributed by atoms with Gasteiger partial charge in [0.05, 0.1) is 0 Å². The van der Waals surface area contributed by atoms with Crippen molar-refractivity contribution in [2.75, 3.05) is 11.8 Å². The van der Waals surface area contributed by atoms with Crippen LogP contribution in [0.5, 0.6) is 0 Å². The van der Waals surface area contributed by atoms with Crippen molar-refractivity contribution in [1.82, 2.24) is 0 Å². The van der Waals surface area contributed by atoms with Crippen LogP contribution in [0.2, 0.25) is 38.3 Å². The first-order valence-electron chi connectivity index (χ1n) is 6.44. The monoisotopic (exact) mass is 314 g/mol. The van der Waals surface area contributed by atoms with E-state index in [1.54, 1.807) is 0 Å². The van der Waals surface area contributed by atoms with Gasteiger partial charge in [0.1, 0.15) is 0 Å². The third-order valence-electron chi connectivity index (χ3n) is 2.76. The molecule has 0 amide bonds. The minimum Gasteiger partial charge on any atom is -0.455 e. The van der Waals surface area contributed by atoms with E-state index < -0.39 is 16.6 Å². The van der Waals surface area contributed by atoms with Gasteiger partial charge in [-0.05, 0) is 50.1 Å². The lowest BCUT2D eigenvalue weighted by atomic mass is 10.3. The molecule has 17 heavy (non-hydrogen) atoms. The van der Waals surface area contributed by atoms with Crippen molar-refractivity contribution < 1.29 is 4.12 Å². The van der Waals surface area contributed by atoms with E-state index >= 15 is 0 Å². The van der Waals surface area contributed by atoms with Crippen LogP contribution in [-0.2, 0) is 4.12 Å². The van der Waals surface area contributed by atoms with Gasteiger partial charge in [-0.1, -0.05) is 13.8 Å². The second-order valence-corrected chi connectivity index (χ2v) is 15.8. The maximum atomic E-state index is 6.53. The highest BCUT2D eigenvalue weighted by Gasteiger charge is 2.34. The minimum atomic E-state index is -1.57. The van der Waals surface area contributed by atoms with Crippen LogP contribution in [0.3, 0.4) is 0 Å². The van der Waals surface area contributed by atoms with Crippen molar-refractivity contribution in [3.8, 4) is 0 Å². The van der Waals surface area contributed by atoms with Gasteiger partial charge in [-0.15, -0.1) is 23.2 Å². The molecule has 0 aromatic heterocycles. The molecule has 0 aliphatic heterocycles.